The van der Waals surface area contributed by atoms with Gasteiger partial charge < -0.3 is 14.4 Å². The van der Waals surface area contributed by atoms with Crippen molar-refractivity contribution in [1.82, 2.24) is 4.57 Å². The second kappa shape index (κ2) is 3.56. The van der Waals surface area contributed by atoms with E-state index in [-0.39, 0.29) is 11.3 Å². The molecule has 1 heterocycles. The molecule has 0 aliphatic rings. The van der Waals surface area contributed by atoms with Crippen LogP contribution in [0.15, 0.2) is 23.0 Å². The topological polar surface area (TPSA) is 51.5 Å². The molecule has 0 aliphatic carbocycles. The molecular weight excluding hydrogens is 206 g/mol. The number of aryl methyl sites for hydroxylation is 2. The third-order valence-corrected chi connectivity index (χ3v) is 2.74. The van der Waals surface area contributed by atoms with Crippen molar-refractivity contribution in [1.29, 1.82) is 0 Å². The molecule has 0 amide bonds. The molecule has 0 saturated carbocycles. The first-order valence-corrected chi connectivity index (χ1v) is 4.92. The van der Waals surface area contributed by atoms with Gasteiger partial charge in [0.1, 0.15) is 11.5 Å². The van der Waals surface area contributed by atoms with E-state index in [1.807, 2.05) is 13.0 Å². The Hall–Kier alpha value is -1.97. The van der Waals surface area contributed by atoms with Crippen molar-refractivity contribution >= 4 is 10.9 Å². The molecule has 1 aromatic heterocycles. The number of fused-ring (bicyclic) bond motifs is 1. The Morgan fingerprint density at radius 1 is 1.31 bits per heavy atom. The highest BCUT2D eigenvalue weighted by atomic mass is 16.5. The highest BCUT2D eigenvalue weighted by Crippen LogP contribution is 2.29. The molecule has 4 nitrogen and oxygen atoms in total. The molecule has 0 bridgehead atoms. The van der Waals surface area contributed by atoms with Gasteiger partial charge in [0.2, 0.25) is 0 Å². The fourth-order valence-corrected chi connectivity index (χ4v) is 1.79. The SMILES string of the molecule is COc1cc2c(O)cc(=O)n(C)c2cc1C. The van der Waals surface area contributed by atoms with Crippen LogP contribution in [-0.2, 0) is 7.05 Å². The molecule has 0 unspecified atom stereocenters. The van der Waals surface area contributed by atoms with Gasteiger partial charge in [-0.3, -0.25) is 4.79 Å². The van der Waals surface area contributed by atoms with Crippen LogP contribution in [-0.4, -0.2) is 16.8 Å². The van der Waals surface area contributed by atoms with E-state index in [2.05, 4.69) is 0 Å². The first kappa shape index (κ1) is 10.5. The number of methoxy groups -OCH3 is 1. The number of ether oxygens (including phenoxy) is 1. The molecule has 2 rings (SSSR count). The maximum atomic E-state index is 11.5. The summed E-state index contributed by atoms with van der Waals surface area (Å²) in [6, 6.07) is 4.77. The summed E-state index contributed by atoms with van der Waals surface area (Å²) in [6.45, 7) is 1.90. The largest absolute Gasteiger partial charge is 0.507 e. The minimum Gasteiger partial charge on any atom is -0.507 e. The lowest BCUT2D eigenvalue weighted by molar-refractivity contribution is 0.412. The average Bonchev–Trinajstić information content (AvgIpc) is 2.25. The number of nitrogens with zero attached hydrogens (tertiary/aromatic N) is 1. The van der Waals surface area contributed by atoms with E-state index in [4.69, 9.17) is 4.74 Å². The van der Waals surface area contributed by atoms with Crippen LogP contribution in [0.1, 0.15) is 5.56 Å². The first-order valence-electron chi connectivity index (χ1n) is 4.92. The number of aromatic nitrogens is 1. The minimum atomic E-state index is -0.227. The van der Waals surface area contributed by atoms with Crippen LogP contribution in [0.4, 0.5) is 0 Å². The molecule has 1 aromatic carbocycles. The molecule has 0 fully saturated rings. The fraction of sp³-hybridized carbons (Fsp3) is 0.250. The second-order valence-electron chi connectivity index (χ2n) is 3.77. The molecule has 0 spiro atoms. The number of hydrogen-bond donors (Lipinski definition) is 1. The van der Waals surface area contributed by atoms with E-state index in [0.29, 0.717) is 16.7 Å². The predicted octanol–water partition coefficient (Wildman–Crippen LogP) is 1.56. The van der Waals surface area contributed by atoms with E-state index < -0.39 is 0 Å². The summed E-state index contributed by atoms with van der Waals surface area (Å²) in [7, 11) is 3.25. The Labute approximate surface area is 92.7 Å². The highest BCUT2D eigenvalue weighted by molar-refractivity contribution is 5.87. The van der Waals surface area contributed by atoms with Crippen LogP contribution in [0.3, 0.4) is 0 Å². The summed E-state index contributed by atoms with van der Waals surface area (Å²) in [4.78, 5) is 11.5. The number of pyridine rings is 1. The van der Waals surface area contributed by atoms with Gasteiger partial charge >= 0.3 is 0 Å². The van der Waals surface area contributed by atoms with E-state index in [1.54, 1.807) is 20.2 Å². The van der Waals surface area contributed by atoms with E-state index in [9.17, 15) is 9.90 Å². The molecule has 0 radical (unpaired) electrons. The molecule has 1 N–H and O–H groups in total. The van der Waals surface area contributed by atoms with Gasteiger partial charge in [0.05, 0.1) is 12.6 Å². The Balaban J connectivity index is 2.95. The quantitative estimate of drug-likeness (QED) is 0.791. The van der Waals surface area contributed by atoms with Crippen molar-refractivity contribution in [2.45, 2.75) is 6.92 Å². The monoisotopic (exact) mass is 219 g/mol. The van der Waals surface area contributed by atoms with Gasteiger partial charge in [0.15, 0.2) is 0 Å². The molecule has 16 heavy (non-hydrogen) atoms. The number of benzene rings is 1. The normalized spacial score (nSPS) is 10.7. The van der Waals surface area contributed by atoms with Crippen LogP contribution >= 0.6 is 0 Å². The van der Waals surface area contributed by atoms with Crippen molar-refractivity contribution in [3.8, 4) is 11.5 Å². The molecule has 0 aliphatic heterocycles. The van der Waals surface area contributed by atoms with Gasteiger partial charge in [0, 0.05) is 18.5 Å². The average molecular weight is 219 g/mol. The summed E-state index contributed by atoms with van der Waals surface area (Å²) in [6.07, 6.45) is 0. The van der Waals surface area contributed by atoms with Gasteiger partial charge in [-0.15, -0.1) is 0 Å². The lowest BCUT2D eigenvalue weighted by Crippen LogP contribution is -2.15. The fourth-order valence-electron chi connectivity index (χ4n) is 1.79. The van der Waals surface area contributed by atoms with Crippen molar-refractivity contribution in [3.63, 3.8) is 0 Å². The lowest BCUT2D eigenvalue weighted by atomic mass is 10.1. The predicted molar refractivity (Wildman–Crippen MR) is 62.1 cm³/mol. The summed E-state index contributed by atoms with van der Waals surface area (Å²) >= 11 is 0. The molecular formula is C12H13NO3. The lowest BCUT2D eigenvalue weighted by Gasteiger charge is -2.10. The van der Waals surface area contributed by atoms with Crippen molar-refractivity contribution < 1.29 is 9.84 Å². The Morgan fingerprint density at radius 2 is 2.00 bits per heavy atom. The molecule has 4 heteroatoms. The van der Waals surface area contributed by atoms with Crippen LogP contribution in [0, 0.1) is 6.92 Å². The molecule has 2 aromatic rings. The third kappa shape index (κ3) is 1.43. The molecule has 84 valence electrons. The summed E-state index contributed by atoms with van der Waals surface area (Å²) in [5.74, 6) is 0.679. The van der Waals surface area contributed by atoms with E-state index in [0.717, 1.165) is 5.56 Å². The second-order valence-corrected chi connectivity index (χ2v) is 3.77. The van der Waals surface area contributed by atoms with Crippen molar-refractivity contribution in [3.05, 3.63) is 34.1 Å². The third-order valence-electron chi connectivity index (χ3n) is 2.74. The zero-order valence-electron chi connectivity index (χ0n) is 9.44. The maximum Gasteiger partial charge on any atom is 0.254 e. The summed E-state index contributed by atoms with van der Waals surface area (Å²) in [5, 5.41) is 10.3. The van der Waals surface area contributed by atoms with Gasteiger partial charge in [-0.25, -0.2) is 0 Å². The van der Waals surface area contributed by atoms with Crippen LogP contribution < -0.4 is 10.3 Å². The highest BCUT2D eigenvalue weighted by Gasteiger charge is 2.09. The minimum absolute atomic E-state index is 0.0172. The van der Waals surface area contributed by atoms with Crippen LogP contribution in [0.25, 0.3) is 10.9 Å². The van der Waals surface area contributed by atoms with Crippen molar-refractivity contribution in [2.24, 2.45) is 7.05 Å². The first-order chi connectivity index (χ1) is 7.54. The summed E-state index contributed by atoms with van der Waals surface area (Å²) in [5.41, 5.74) is 1.40. The van der Waals surface area contributed by atoms with Gasteiger partial charge in [-0.1, -0.05) is 0 Å². The zero-order valence-corrected chi connectivity index (χ0v) is 9.44. The number of hydrogen-bond acceptors (Lipinski definition) is 3. The Bertz CT molecular complexity index is 614. The van der Waals surface area contributed by atoms with E-state index >= 15 is 0 Å². The number of rotatable bonds is 1. The smallest absolute Gasteiger partial charge is 0.254 e. The van der Waals surface area contributed by atoms with Crippen LogP contribution in [0.5, 0.6) is 11.5 Å². The maximum absolute atomic E-state index is 11.5. The van der Waals surface area contributed by atoms with Gasteiger partial charge in [-0.2, -0.15) is 0 Å². The van der Waals surface area contributed by atoms with Crippen molar-refractivity contribution in [2.75, 3.05) is 7.11 Å². The summed E-state index contributed by atoms with van der Waals surface area (Å²) < 4.78 is 6.68. The van der Waals surface area contributed by atoms with Gasteiger partial charge in [0.25, 0.3) is 5.56 Å². The van der Waals surface area contributed by atoms with E-state index in [1.165, 1.54) is 10.6 Å². The molecule has 0 saturated heterocycles. The zero-order chi connectivity index (χ0) is 11.9. The molecule has 0 atom stereocenters. The Kier molecular flexibility index (Phi) is 2.34. The van der Waals surface area contributed by atoms with Gasteiger partial charge in [-0.05, 0) is 24.6 Å². The van der Waals surface area contributed by atoms with Crippen LogP contribution in [0.2, 0.25) is 0 Å². The Morgan fingerprint density at radius 3 is 2.62 bits per heavy atom. The number of aromatic hydroxyl groups is 1. The standard InChI is InChI=1S/C12H13NO3/c1-7-4-9-8(5-11(7)16-3)10(14)6-12(15)13(9)2/h4-6,14H,1-3H3.